The van der Waals surface area contributed by atoms with Gasteiger partial charge in [-0.1, -0.05) is 0 Å². The number of carbonyl (C=O) groups is 2. The molecule has 1 aromatic rings. The third kappa shape index (κ3) is 3.28. The number of aromatic nitrogens is 1. The molecule has 0 aliphatic heterocycles. The molecule has 9 heteroatoms. The smallest absolute Gasteiger partial charge is 0.334 e. The summed E-state index contributed by atoms with van der Waals surface area (Å²) in [6, 6.07) is 1.00. The number of aromatic amines is 1. The number of nitrogens with one attached hydrogen (secondary N) is 2. The van der Waals surface area contributed by atoms with Gasteiger partial charge in [0.1, 0.15) is 5.69 Å². The van der Waals surface area contributed by atoms with Gasteiger partial charge in [-0.05, 0) is 0 Å². The van der Waals surface area contributed by atoms with Gasteiger partial charge in [-0.25, -0.2) is 4.79 Å². The number of aliphatic hydroxyl groups is 1. The van der Waals surface area contributed by atoms with Gasteiger partial charge in [0.2, 0.25) is 0 Å². The molecular formula is C8H9N3O6. The van der Waals surface area contributed by atoms with Crippen molar-refractivity contribution >= 4 is 17.6 Å². The number of amides is 1. The molecule has 0 spiro atoms. The number of aliphatic carboxylic acids is 1. The molecule has 92 valence electrons. The number of hydrogen-bond acceptors (Lipinski definition) is 5. The van der Waals surface area contributed by atoms with E-state index in [1.54, 1.807) is 0 Å². The molecule has 0 saturated carbocycles. The molecule has 1 unspecified atom stereocenters. The molecule has 17 heavy (non-hydrogen) atoms. The molecule has 4 N–H and O–H groups in total. The molecule has 0 aliphatic rings. The summed E-state index contributed by atoms with van der Waals surface area (Å²) in [4.78, 5) is 33.6. The number of aliphatic hydroxyl groups excluding tert-OH is 1. The second-order valence-corrected chi connectivity index (χ2v) is 3.09. The van der Waals surface area contributed by atoms with Crippen LogP contribution in [0.5, 0.6) is 0 Å². The number of rotatable bonds is 5. The molecule has 1 amide bonds. The monoisotopic (exact) mass is 243 g/mol. The largest absolute Gasteiger partial charge is 0.479 e. The van der Waals surface area contributed by atoms with Crippen LogP contribution in [0.2, 0.25) is 0 Å². The van der Waals surface area contributed by atoms with Crippen LogP contribution < -0.4 is 5.32 Å². The lowest BCUT2D eigenvalue weighted by Crippen LogP contribution is -2.36. The fourth-order valence-corrected chi connectivity index (χ4v) is 0.991. The lowest BCUT2D eigenvalue weighted by atomic mass is 10.3. The average molecular weight is 243 g/mol. The lowest BCUT2D eigenvalue weighted by molar-refractivity contribution is -0.384. The summed E-state index contributed by atoms with van der Waals surface area (Å²) in [5.41, 5.74) is -0.372. The predicted molar refractivity (Wildman–Crippen MR) is 53.4 cm³/mol. The molecular weight excluding hydrogens is 234 g/mol. The second kappa shape index (κ2) is 5.07. The standard InChI is InChI=1S/C8H9N3O6/c12-6(8(14)15)3-10-7(13)5-1-4(2-9-5)11(16)17/h1-2,6,9,12H,3H2,(H,10,13)(H,14,15). The molecule has 0 fully saturated rings. The minimum Gasteiger partial charge on any atom is -0.479 e. The number of carbonyl (C=O) groups excluding carboxylic acids is 1. The molecule has 1 atom stereocenters. The van der Waals surface area contributed by atoms with Gasteiger partial charge in [-0.3, -0.25) is 14.9 Å². The Balaban J connectivity index is 2.58. The lowest BCUT2D eigenvalue weighted by Gasteiger charge is -2.06. The van der Waals surface area contributed by atoms with Crippen molar-refractivity contribution in [1.82, 2.24) is 10.3 Å². The van der Waals surface area contributed by atoms with Crippen LogP contribution >= 0.6 is 0 Å². The van der Waals surface area contributed by atoms with Gasteiger partial charge in [0.05, 0.1) is 17.7 Å². The van der Waals surface area contributed by atoms with Crippen molar-refractivity contribution < 1.29 is 24.7 Å². The fraction of sp³-hybridized carbons (Fsp3) is 0.250. The van der Waals surface area contributed by atoms with E-state index in [2.05, 4.69) is 10.3 Å². The SMILES string of the molecule is O=C(NCC(O)C(=O)O)c1cc([N+](=O)[O-])c[nH]1. The highest BCUT2D eigenvalue weighted by molar-refractivity contribution is 5.93. The topological polar surface area (TPSA) is 146 Å². The molecule has 1 rings (SSSR count). The van der Waals surface area contributed by atoms with E-state index in [4.69, 9.17) is 10.2 Å². The van der Waals surface area contributed by atoms with Gasteiger partial charge in [-0.15, -0.1) is 0 Å². The normalized spacial score (nSPS) is 11.8. The van der Waals surface area contributed by atoms with Crippen LogP contribution in [0.3, 0.4) is 0 Å². The number of H-pyrrole nitrogens is 1. The first-order chi connectivity index (χ1) is 7.91. The number of nitro groups is 1. The van der Waals surface area contributed by atoms with Crippen molar-refractivity contribution in [3.05, 3.63) is 28.1 Å². The van der Waals surface area contributed by atoms with Gasteiger partial charge >= 0.3 is 5.97 Å². The van der Waals surface area contributed by atoms with Gasteiger partial charge in [0.15, 0.2) is 6.10 Å². The van der Waals surface area contributed by atoms with E-state index in [1.165, 1.54) is 0 Å². The average Bonchev–Trinajstić information content (AvgIpc) is 2.74. The first kappa shape index (κ1) is 12.6. The Bertz CT molecular complexity index is 454. The van der Waals surface area contributed by atoms with Crippen molar-refractivity contribution in [3.8, 4) is 0 Å². The first-order valence-electron chi connectivity index (χ1n) is 4.43. The summed E-state index contributed by atoms with van der Waals surface area (Å²) in [6.07, 6.45) is -0.688. The zero-order valence-corrected chi connectivity index (χ0v) is 8.41. The Labute approximate surface area is 94.2 Å². The van der Waals surface area contributed by atoms with E-state index >= 15 is 0 Å². The third-order valence-electron chi connectivity index (χ3n) is 1.86. The maximum absolute atomic E-state index is 11.3. The summed E-state index contributed by atoms with van der Waals surface area (Å²) in [7, 11) is 0. The van der Waals surface area contributed by atoms with Gasteiger partial charge in [-0.2, -0.15) is 0 Å². The van der Waals surface area contributed by atoms with E-state index < -0.39 is 29.4 Å². The van der Waals surface area contributed by atoms with Crippen LogP contribution in [0.15, 0.2) is 12.3 Å². The Morgan fingerprint density at radius 3 is 2.71 bits per heavy atom. The summed E-state index contributed by atoms with van der Waals surface area (Å²) in [5.74, 6) is -2.21. The van der Waals surface area contributed by atoms with E-state index in [9.17, 15) is 19.7 Å². The van der Waals surface area contributed by atoms with E-state index in [0.29, 0.717) is 0 Å². The van der Waals surface area contributed by atoms with Crippen molar-refractivity contribution in [2.24, 2.45) is 0 Å². The molecule has 1 heterocycles. The molecule has 0 aliphatic carbocycles. The Morgan fingerprint density at radius 1 is 1.59 bits per heavy atom. The third-order valence-corrected chi connectivity index (χ3v) is 1.86. The van der Waals surface area contributed by atoms with Crippen LogP contribution in [-0.4, -0.2) is 44.6 Å². The maximum atomic E-state index is 11.3. The first-order valence-corrected chi connectivity index (χ1v) is 4.43. The van der Waals surface area contributed by atoms with Crippen LogP contribution in [0.4, 0.5) is 5.69 Å². The summed E-state index contributed by atoms with van der Waals surface area (Å²) >= 11 is 0. The van der Waals surface area contributed by atoms with Gasteiger partial charge in [0.25, 0.3) is 11.6 Å². The summed E-state index contributed by atoms with van der Waals surface area (Å²) in [6.45, 7) is -0.485. The highest BCUT2D eigenvalue weighted by Crippen LogP contribution is 2.11. The Morgan fingerprint density at radius 2 is 2.24 bits per heavy atom. The number of nitrogens with zero attached hydrogens (tertiary/aromatic N) is 1. The predicted octanol–water partition coefficient (Wildman–Crippen LogP) is -0.902. The maximum Gasteiger partial charge on any atom is 0.334 e. The minimum absolute atomic E-state index is 0.0886. The van der Waals surface area contributed by atoms with Crippen LogP contribution in [0, 0.1) is 10.1 Å². The Hall–Kier alpha value is -2.42. The number of carboxylic acid groups (broad SMARTS) is 1. The molecule has 1 aromatic heterocycles. The molecule has 0 radical (unpaired) electrons. The van der Waals surface area contributed by atoms with Crippen molar-refractivity contribution in [2.45, 2.75) is 6.10 Å². The molecule has 0 bridgehead atoms. The Kier molecular flexibility index (Phi) is 3.78. The zero-order chi connectivity index (χ0) is 13.0. The highest BCUT2D eigenvalue weighted by atomic mass is 16.6. The van der Waals surface area contributed by atoms with Gasteiger partial charge < -0.3 is 20.5 Å². The number of hydrogen-bond donors (Lipinski definition) is 4. The zero-order valence-electron chi connectivity index (χ0n) is 8.41. The highest BCUT2D eigenvalue weighted by Gasteiger charge is 2.17. The summed E-state index contributed by atoms with van der Waals surface area (Å²) in [5, 5.41) is 29.7. The quantitative estimate of drug-likeness (QED) is 0.389. The second-order valence-electron chi connectivity index (χ2n) is 3.09. The van der Waals surface area contributed by atoms with Crippen molar-refractivity contribution in [1.29, 1.82) is 0 Å². The molecule has 9 nitrogen and oxygen atoms in total. The van der Waals surface area contributed by atoms with Gasteiger partial charge in [0, 0.05) is 6.07 Å². The summed E-state index contributed by atoms with van der Waals surface area (Å²) < 4.78 is 0. The minimum atomic E-state index is -1.72. The fourth-order valence-electron chi connectivity index (χ4n) is 0.991. The van der Waals surface area contributed by atoms with Crippen LogP contribution in [-0.2, 0) is 4.79 Å². The van der Waals surface area contributed by atoms with Crippen LogP contribution in [0.1, 0.15) is 10.5 Å². The van der Waals surface area contributed by atoms with E-state index in [-0.39, 0.29) is 11.4 Å². The van der Waals surface area contributed by atoms with Crippen molar-refractivity contribution in [2.75, 3.05) is 6.54 Å². The number of carboxylic acids is 1. The molecule has 0 saturated heterocycles. The van der Waals surface area contributed by atoms with Crippen LogP contribution in [0.25, 0.3) is 0 Å². The molecule has 0 aromatic carbocycles. The van der Waals surface area contributed by atoms with Crippen molar-refractivity contribution in [3.63, 3.8) is 0 Å². The van der Waals surface area contributed by atoms with E-state index in [1.807, 2.05) is 0 Å². The van der Waals surface area contributed by atoms with E-state index in [0.717, 1.165) is 12.3 Å².